The van der Waals surface area contributed by atoms with E-state index in [2.05, 4.69) is 50.4 Å². The number of hydrogen-bond donors (Lipinski definition) is 1. The molecule has 1 unspecified atom stereocenters. The maximum absolute atomic E-state index is 3.73. The van der Waals surface area contributed by atoms with Crippen molar-refractivity contribution in [3.05, 3.63) is 29.8 Å². The summed E-state index contributed by atoms with van der Waals surface area (Å²) in [6, 6.07) is 9.71. The fourth-order valence-corrected chi connectivity index (χ4v) is 3.10. The first-order valence-electron chi connectivity index (χ1n) is 7.94. The molecule has 0 bridgehead atoms. The molecule has 1 N–H and O–H groups in total. The summed E-state index contributed by atoms with van der Waals surface area (Å²) in [4.78, 5) is 0. The van der Waals surface area contributed by atoms with Crippen LogP contribution in [0.4, 0.5) is 5.69 Å². The third-order valence-electron chi connectivity index (χ3n) is 4.44. The van der Waals surface area contributed by atoms with Gasteiger partial charge in [-0.05, 0) is 55.2 Å². The van der Waals surface area contributed by atoms with Crippen molar-refractivity contribution in [2.45, 2.75) is 71.8 Å². The van der Waals surface area contributed by atoms with Gasteiger partial charge in [-0.2, -0.15) is 0 Å². The quantitative estimate of drug-likeness (QED) is 0.713. The second-order valence-corrected chi connectivity index (χ2v) is 6.88. The second-order valence-electron chi connectivity index (χ2n) is 6.88. The minimum Gasteiger partial charge on any atom is -0.382 e. The average Bonchev–Trinajstić information content (AvgIpc) is 2.54. The Morgan fingerprint density at radius 3 is 2.53 bits per heavy atom. The van der Waals surface area contributed by atoms with Crippen molar-refractivity contribution >= 4 is 5.69 Å². The Morgan fingerprint density at radius 1 is 1.11 bits per heavy atom. The van der Waals surface area contributed by atoms with Crippen LogP contribution >= 0.6 is 0 Å². The van der Waals surface area contributed by atoms with Gasteiger partial charge < -0.3 is 5.32 Å². The van der Waals surface area contributed by atoms with Crippen LogP contribution in [0.25, 0.3) is 0 Å². The van der Waals surface area contributed by atoms with Crippen LogP contribution in [0.1, 0.15) is 64.9 Å². The van der Waals surface area contributed by atoms with E-state index in [0.717, 1.165) is 0 Å². The van der Waals surface area contributed by atoms with Crippen molar-refractivity contribution in [1.82, 2.24) is 0 Å². The van der Waals surface area contributed by atoms with E-state index in [1.807, 2.05) is 0 Å². The number of aryl methyl sites for hydroxylation is 1. The summed E-state index contributed by atoms with van der Waals surface area (Å²) >= 11 is 0. The molecule has 0 spiro atoms. The smallest absolute Gasteiger partial charge is 0.0342 e. The Labute approximate surface area is 118 Å². The molecule has 2 rings (SSSR count). The zero-order valence-electron chi connectivity index (χ0n) is 12.8. The maximum atomic E-state index is 3.73. The lowest BCUT2D eigenvalue weighted by atomic mass is 9.85. The van der Waals surface area contributed by atoms with Gasteiger partial charge in [0.2, 0.25) is 0 Å². The van der Waals surface area contributed by atoms with Crippen molar-refractivity contribution in [3.63, 3.8) is 0 Å². The minimum atomic E-state index is 0.543. The first kappa shape index (κ1) is 14.4. The first-order chi connectivity index (χ1) is 9.09. The summed E-state index contributed by atoms with van der Waals surface area (Å²) in [7, 11) is 0. The van der Waals surface area contributed by atoms with Crippen LogP contribution in [0, 0.1) is 5.41 Å². The summed E-state index contributed by atoms with van der Waals surface area (Å²) in [5.41, 5.74) is 3.29. The monoisotopic (exact) mass is 259 g/mol. The van der Waals surface area contributed by atoms with E-state index in [9.17, 15) is 0 Å². The highest BCUT2D eigenvalue weighted by Crippen LogP contribution is 2.34. The van der Waals surface area contributed by atoms with Gasteiger partial charge in [0.05, 0.1) is 0 Å². The van der Waals surface area contributed by atoms with Gasteiger partial charge in [0.1, 0.15) is 0 Å². The van der Waals surface area contributed by atoms with Crippen molar-refractivity contribution in [3.8, 4) is 0 Å². The Morgan fingerprint density at radius 2 is 1.84 bits per heavy atom. The molecule has 1 heteroatoms. The predicted molar refractivity (Wildman–Crippen MR) is 84.7 cm³/mol. The second kappa shape index (κ2) is 6.45. The number of anilines is 1. The SMILES string of the molecule is CCCc1ccc(NC2CCCC(C)(C)CC2)cc1. The Bertz CT molecular complexity index is 377. The van der Waals surface area contributed by atoms with Gasteiger partial charge in [-0.15, -0.1) is 0 Å². The topological polar surface area (TPSA) is 12.0 Å². The fraction of sp³-hybridized carbons (Fsp3) is 0.667. The lowest BCUT2D eigenvalue weighted by Gasteiger charge is -2.22. The van der Waals surface area contributed by atoms with E-state index >= 15 is 0 Å². The van der Waals surface area contributed by atoms with Gasteiger partial charge >= 0.3 is 0 Å². The third kappa shape index (κ3) is 4.56. The molecule has 0 heterocycles. The largest absolute Gasteiger partial charge is 0.382 e. The van der Waals surface area contributed by atoms with E-state index in [4.69, 9.17) is 0 Å². The van der Waals surface area contributed by atoms with Crippen LogP contribution in [0.15, 0.2) is 24.3 Å². The number of hydrogen-bond acceptors (Lipinski definition) is 1. The highest BCUT2D eigenvalue weighted by molar-refractivity contribution is 5.45. The van der Waals surface area contributed by atoms with E-state index in [-0.39, 0.29) is 0 Å². The summed E-state index contributed by atoms with van der Waals surface area (Å²) in [6.45, 7) is 7.06. The predicted octanol–water partition coefficient (Wildman–Crippen LogP) is 5.41. The van der Waals surface area contributed by atoms with Crippen molar-refractivity contribution < 1.29 is 0 Å². The summed E-state index contributed by atoms with van der Waals surface area (Å²) < 4.78 is 0. The molecule has 0 aromatic heterocycles. The average molecular weight is 259 g/mol. The molecule has 0 aliphatic heterocycles. The van der Waals surface area contributed by atoms with E-state index < -0.39 is 0 Å². The number of nitrogens with one attached hydrogen (secondary N) is 1. The molecule has 1 saturated carbocycles. The molecule has 1 fully saturated rings. The van der Waals surface area contributed by atoms with Crippen molar-refractivity contribution in [1.29, 1.82) is 0 Å². The first-order valence-corrected chi connectivity index (χ1v) is 7.94. The van der Waals surface area contributed by atoms with Gasteiger partial charge in [-0.25, -0.2) is 0 Å². The number of benzene rings is 1. The molecule has 1 aliphatic carbocycles. The molecule has 1 atom stereocenters. The van der Waals surface area contributed by atoms with Gasteiger partial charge in [0.15, 0.2) is 0 Å². The van der Waals surface area contributed by atoms with Crippen LogP contribution in [0.3, 0.4) is 0 Å². The van der Waals surface area contributed by atoms with E-state index in [1.165, 1.54) is 56.2 Å². The van der Waals surface area contributed by atoms with Crippen molar-refractivity contribution in [2.24, 2.45) is 5.41 Å². The maximum Gasteiger partial charge on any atom is 0.0342 e. The zero-order valence-corrected chi connectivity index (χ0v) is 12.8. The standard InChI is InChI=1S/C18H29N/c1-4-6-15-8-10-17(11-9-15)19-16-7-5-13-18(2,3)14-12-16/h8-11,16,19H,4-7,12-14H2,1-3H3. The molecule has 106 valence electrons. The highest BCUT2D eigenvalue weighted by Gasteiger charge is 2.24. The lowest BCUT2D eigenvalue weighted by molar-refractivity contribution is 0.313. The van der Waals surface area contributed by atoms with Crippen LogP contribution in [0.5, 0.6) is 0 Å². The van der Waals surface area contributed by atoms with Crippen LogP contribution in [0.2, 0.25) is 0 Å². The highest BCUT2D eigenvalue weighted by atomic mass is 14.9. The van der Waals surface area contributed by atoms with Crippen LogP contribution in [-0.2, 0) is 6.42 Å². The van der Waals surface area contributed by atoms with Crippen molar-refractivity contribution in [2.75, 3.05) is 5.32 Å². The molecule has 1 aromatic carbocycles. The molecule has 19 heavy (non-hydrogen) atoms. The summed E-state index contributed by atoms with van der Waals surface area (Å²) in [6.07, 6.45) is 9.13. The third-order valence-corrected chi connectivity index (χ3v) is 4.44. The van der Waals surface area contributed by atoms with Gasteiger partial charge in [-0.3, -0.25) is 0 Å². The Balaban J connectivity index is 1.90. The molecule has 1 aliphatic rings. The van der Waals surface area contributed by atoms with Crippen LogP contribution in [-0.4, -0.2) is 6.04 Å². The van der Waals surface area contributed by atoms with E-state index in [0.29, 0.717) is 11.5 Å². The fourth-order valence-electron chi connectivity index (χ4n) is 3.10. The summed E-state index contributed by atoms with van der Waals surface area (Å²) in [5, 5.41) is 3.73. The Hall–Kier alpha value is -0.980. The van der Waals surface area contributed by atoms with Gasteiger partial charge in [-0.1, -0.05) is 45.7 Å². The number of rotatable bonds is 4. The molecule has 1 nitrogen and oxygen atoms in total. The molecular weight excluding hydrogens is 230 g/mol. The minimum absolute atomic E-state index is 0.543. The molecule has 0 radical (unpaired) electrons. The van der Waals surface area contributed by atoms with Gasteiger partial charge in [0.25, 0.3) is 0 Å². The molecular formula is C18H29N. The molecule has 0 saturated heterocycles. The molecule has 0 amide bonds. The normalized spacial score (nSPS) is 22.8. The van der Waals surface area contributed by atoms with E-state index in [1.54, 1.807) is 0 Å². The van der Waals surface area contributed by atoms with Gasteiger partial charge in [0, 0.05) is 11.7 Å². The zero-order chi connectivity index (χ0) is 13.7. The summed E-state index contributed by atoms with van der Waals surface area (Å²) in [5.74, 6) is 0. The molecule has 1 aromatic rings. The lowest BCUT2D eigenvalue weighted by Crippen LogP contribution is -2.19. The van der Waals surface area contributed by atoms with Crippen LogP contribution < -0.4 is 5.32 Å². The Kier molecular flexibility index (Phi) is 4.90.